The van der Waals surface area contributed by atoms with Crippen LogP contribution in [0.3, 0.4) is 0 Å². The third-order valence-corrected chi connectivity index (χ3v) is 4.46. The van der Waals surface area contributed by atoms with Gasteiger partial charge >= 0.3 is 0 Å². The summed E-state index contributed by atoms with van der Waals surface area (Å²) in [5, 5.41) is 4.01. The van der Waals surface area contributed by atoms with Crippen LogP contribution < -0.4 is 9.47 Å². The van der Waals surface area contributed by atoms with Crippen LogP contribution in [0, 0.1) is 6.92 Å². The molecule has 0 bridgehead atoms. The van der Waals surface area contributed by atoms with E-state index in [0.29, 0.717) is 29.6 Å². The van der Waals surface area contributed by atoms with Gasteiger partial charge in [0, 0.05) is 12.6 Å². The molecule has 7 heteroatoms. The first-order chi connectivity index (χ1) is 14.0. The molecule has 0 radical (unpaired) electrons. The van der Waals surface area contributed by atoms with Crippen molar-refractivity contribution in [3.8, 4) is 22.9 Å². The number of amides is 1. The van der Waals surface area contributed by atoms with Crippen molar-refractivity contribution in [3.05, 3.63) is 60.0 Å². The fourth-order valence-electron chi connectivity index (χ4n) is 2.89. The number of aryl methyl sites for hydroxylation is 1. The van der Waals surface area contributed by atoms with Crippen LogP contribution in [0.15, 0.2) is 53.1 Å². The van der Waals surface area contributed by atoms with Crippen molar-refractivity contribution >= 4 is 5.91 Å². The number of carbonyl (C=O) groups is 1. The van der Waals surface area contributed by atoms with Crippen LogP contribution in [0.25, 0.3) is 11.4 Å². The molecule has 0 saturated carbocycles. The summed E-state index contributed by atoms with van der Waals surface area (Å²) in [6.07, 6.45) is -0.0294. The zero-order chi connectivity index (χ0) is 20.8. The Morgan fingerprint density at radius 2 is 1.93 bits per heavy atom. The van der Waals surface area contributed by atoms with Gasteiger partial charge in [-0.3, -0.25) is 4.79 Å². The van der Waals surface area contributed by atoms with Crippen LogP contribution in [-0.4, -0.2) is 41.2 Å². The lowest BCUT2D eigenvalue weighted by Gasteiger charge is -2.22. The number of ether oxygens (including phenoxy) is 2. The molecule has 3 rings (SSSR count). The highest BCUT2D eigenvalue weighted by Crippen LogP contribution is 2.22. The van der Waals surface area contributed by atoms with E-state index in [-0.39, 0.29) is 12.5 Å². The number of benzene rings is 2. The first-order valence-electron chi connectivity index (χ1n) is 9.45. The van der Waals surface area contributed by atoms with E-state index in [9.17, 15) is 4.79 Å². The van der Waals surface area contributed by atoms with Gasteiger partial charge in [-0.2, -0.15) is 4.98 Å². The lowest BCUT2D eigenvalue weighted by atomic mass is 10.2. The average molecular weight is 395 g/mol. The molecule has 0 aliphatic heterocycles. The average Bonchev–Trinajstić information content (AvgIpc) is 3.20. The van der Waals surface area contributed by atoms with Gasteiger partial charge in [-0.05, 0) is 43.2 Å². The van der Waals surface area contributed by atoms with Crippen molar-refractivity contribution in [2.24, 2.45) is 0 Å². The predicted octanol–water partition coefficient (Wildman–Crippen LogP) is 3.87. The Balaban J connectivity index is 1.66. The molecule has 1 heterocycles. The standard InChI is InChI=1S/C22H25N3O4/c1-5-19(28-18-11-6-8-15(2)12-18)22(26)25(3)14-20-23-21(24-29-20)16-9-7-10-17(13-16)27-4/h6-13,19H,5,14H2,1-4H3. The third-order valence-electron chi connectivity index (χ3n) is 4.46. The van der Waals surface area contributed by atoms with Crippen LogP contribution in [0.2, 0.25) is 0 Å². The van der Waals surface area contributed by atoms with E-state index in [2.05, 4.69) is 10.1 Å². The van der Waals surface area contributed by atoms with Crippen LogP contribution in [0.4, 0.5) is 0 Å². The van der Waals surface area contributed by atoms with E-state index >= 15 is 0 Å². The van der Waals surface area contributed by atoms with Gasteiger partial charge < -0.3 is 18.9 Å². The van der Waals surface area contributed by atoms with E-state index in [1.807, 2.05) is 62.4 Å². The highest BCUT2D eigenvalue weighted by Gasteiger charge is 2.24. The monoisotopic (exact) mass is 395 g/mol. The number of hydrogen-bond acceptors (Lipinski definition) is 6. The molecule has 1 unspecified atom stereocenters. The van der Waals surface area contributed by atoms with E-state index in [0.717, 1.165) is 11.1 Å². The summed E-state index contributed by atoms with van der Waals surface area (Å²) in [5.41, 5.74) is 1.86. The molecule has 0 aliphatic carbocycles. The van der Waals surface area contributed by atoms with E-state index in [1.54, 1.807) is 14.2 Å². The minimum absolute atomic E-state index is 0.143. The molecular weight excluding hydrogens is 370 g/mol. The molecule has 1 atom stereocenters. The Labute approximate surface area is 170 Å². The Bertz CT molecular complexity index is 970. The maximum Gasteiger partial charge on any atom is 0.263 e. The summed E-state index contributed by atoms with van der Waals surface area (Å²) in [6, 6.07) is 15.0. The Hall–Kier alpha value is -3.35. The number of rotatable bonds is 8. The van der Waals surface area contributed by atoms with Crippen LogP contribution in [-0.2, 0) is 11.3 Å². The molecule has 3 aromatic rings. The molecule has 1 aromatic heterocycles. The van der Waals surface area contributed by atoms with Crippen LogP contribution in [0.1, 0.15) is 24.8 Å². The van der Waals surface area contributed by atoms with Crippen molar-refractivity contribution < 1.29 is 18.8 Å². The van der Waals surface area contributed by atoms with Crippen LogP contribution >= 0.6 is 0 Å². The molecule has 7 nitrogen and oxygen atoms in total. The zero-order valence-electron chi connectivity index (χ0n) is 17.1. The zero-order valence-corrected chi connectivity index (χ0v) is 17.1. The SMILES string of the molecule is CCC(Oc1cccc(C)c1)C(=O)N(C)Cc1nc(-c2cccc(OC)c2)no1. The molecule has 1 amide bonds. The van der Waals surface area contributed by atoms with Crippen molar-refractivity contribution in [2.45, 2.75) is 32.9 Å². The number of nitrogens with zero attached hydrogens (tertiary/aromatic N) is 3. The molecule has 152 valence electrons. The second kappa shape index (κ2) is 9.23. The van der Waals surface area contributed by atoms with Gasteiger partial charge in [-0.15, -0.1) is 0 Å². The fraction of sp³-hybridized carbons (Fsp3) is 0.318. The largest absolute Gasteiger partial charge is 0.497 e. The second-order valence-electron chi connectivity index (χ2n) is 6.77. The molecule has 0 spiro atoms. The molecule has 29 heavy (non-hydrogen) atoms. The van der Waals surface area contributed by atoms with Gasteiger partial charge in [0.25, 0.3) is 5.91 Å². The number of hydrogen-bond donors (Lipinski definition) is 0. The number of aromatic nitrogens is 2. The Morgan fingerprint density at radius 3 is 2.66 bits per heavy atom. The van der Waals surface area contributed by atoms with Gasteiger partial charge in [0.05, 0.1) is 13.7 Å². The summed E-state index contributed by atoms with van der Waals surface area (Å²) in [5.74, 6) is 2.04. The van der Waals surface area contributed by atoms with Gasteiger partial charge in [-0.1, -0.05) is 36.3 Å². The lowest BCUT2D eigenvalue weighted by Crippen LogP contribution is -2.39. The van der Waals surface area contributed by atoms with E-state index < -0.39 is 6.10 Å². The number of carbonyl (C=O) groups excluding carboxylic acids is 1. The highest BCUT2D eigenvalue weighted by molar-refractivity contribution is 5.81. The predicted molar refractivity (Wildman–Crippen MR) is 109 cm³/mol. The number of likely N-dealkylation sites (N-methyl/N-ethyl adjacent to an activating group) is 1. The summed E-state index contributed by atoms with van der Waals surface area (Å²) in [4.78, 5) is 18.7. The topological polar surface area (TPSA) is 77.7 Å². The van der Waals surface area contributed by atoms with Gasteiger partial charge in [-0.25, -0.2) is 0 Å². The molecule has 0 saturated heterocycles. The van der Waals surface area contributed by atoms with Crippen molar-refractivity contribution in [1.29, 1.82) is 0 Å². The molecule has 0 N–H and O–H groups in total. The van der Waals surface area contributed by atoms with Crippen molar-refractivity contribution in [1.82, 2.24) is 15.0 Å². The van der Waals surface area contributed by atoms with E-state index in [4.69, 9.17) is 14.0 Å². The minimum atomic E-state index is -0.581. The second-order valence-corrected chi connectivity index (χ2v) is 6.77. The molecule has 2 aromatic carbocycles. The maximum absolute atomic E-state index is 12.8. The fourth-order valence-corrected chi connectivity index (χ4v) is 2.89. The quantitative estimate of drug-likeness (QED) is 0.576. The third kappa shape index (κ3) is 5.13. The summed E-state index contributed by atoms with van der Waals surface area (Å²) in [7, 11) is 3.30. The van der Waals surface area contributed by atoms with Gasteiger partial charge in [0.1, 0.15) is 11.5 Å². The summed E-state index contributed by atoms with van der Waals surface area (Å²) >= 11 is 0. The van der Waals surface area contributed by atoms with Gasteiger partial charge in [0.2, 0.25) is 11.7 Å². The molecular formula is C22H25N3O4. The van der Waals surface area contributed by atoms with Crippen LogP contribution in [0.5, 0.6) is 11.5 Å². The molecule has 0 fully saturated rings. The summed E-state index contributed by atoms with van der Waals surface area (Å²) in [6.45, 7) is 4.10. The summed E-state index contributed by atoms with van der Waals surface area (Å²) < 4.78 is 16.4. The van der Waals surface area contributed by atoms with Crippen molar-refractivity contribution in [3.63, 3.8) is 0 Å². The van der Waals surface area contributed by atoms with Gasteiger partial charge in [0.15, 0.2) is 6.10 Å². The Kier molecular flexibility index (Phi) is 6.49. The first kappa shape index (κ1) is 20.4. The lowest BCUT2D eigenvalue weighted by molar-refractivity contribution is -0.138. The highest BCUT2D eigenvalue weighted by atomic mass is 16.5. The molecule has 0 aliphatic rings. The maximum atomic E-state index is 12.8. The number of methoxy groups -OCH3 is 1. The van der Waals surface area contributed by atoms with Crippen molar-refractivity contribution in [2.75, 3.05) is 14.2 Å². The smallest absolute Gasteiger partial charge is 0.263 e. The first-order valence-corrected chi connectivity index (χ1v) is 9.45. The van der Waals surface area contributed by atoms with E-state index in [1.165, 1.54) is 4.90 Å². The Morgan fingerprint density at radius 1 is 1.17 bits per heavy atom. The normalized spacial score (nSPS) is 11.7. The minimum Gasteiger partial charge on any atom is -0.497 e.